The Kier molecular flexibility index (Phi) is 8.54. The Labute approximate surface area is 251 Å². The van der Waals surface area contributed by atoms with E-state index in [-0.39, 0.29) is 6.61 Å². The lowest BCUT2D eigenvalue weighted by atomic mass is 10.1. The molecule has 4 aromatic carbocycles. The van der Waals surface area contributed by atoms with Crippen LogP contribution >= 0.6 is 46.4 Å². The van der Waals surface area contributed by atoms with E-state index >= 15 is 0 Å². The van der Waals surface area contributed by atoms with Crippen LogP contribution in [0.2, 0.25) is 20.1 Å². The lowest BCUT2D eigenvalue weighted by Gasteiger charge is -2.13. The fourth-order valence-corrected chi connectivity index (χ4v) is 5.19. The minimum atomic E-state index is 0.238. The van der Waals surface area contributed by atoms with Gasteiger partial charge in [0.25, 0.3) is 0 Å². The number of para-hydroxylation sites is 2. The second-order valence-corrected chi connectivity index (χ2v) is 10.5. The third kappa shape index (κ3) is 6.06. The lowest BCUT2D eigenvalue weighted by molar-refractivity contribution is 0.284. The van der Waals surface area contributed by atoms with Crippen LogP contribution in [0.5, 0.6) is 11.5 Å². The molecular formula is C31H21Cl4N3O2. The highest BCUT2D eigenvalue weighted by Crippen LogP contribution is 2.33. The van der Waals surface area contributed by atoms with Gasteiger partial charge in [-0.2, -0.15) is 5.26 Å². The molecule has 0 aliphatic rings. The number of ether oxygens (including phenoxy) is 2. The second kappa shape index (κ2) is 12.2. The molecule has 0 radical (unpaired) electrons. The van der Waals surface area contributed by atoms with Gasteiger partial charge in [0.2, 0.25) is 0 Å². The van der Waals surface area contributed by atoms with E-state index in [2.05, 4.69) is 6.07 Å². The van der Waals surface area contributed by atoms with Crippen LogP contribution in [0.3, 0.4) is 0 Å². The quantitative estimate of drug-likeness (QED) is 0.165. The van der Waals surface area contributed by atoms with E-state index in [1.165, 1.54) is 0 Å². The minimum Gasteiger partial charge on any atom is -0.493 e. The first-order valence-electron chi connectivity index (χ1n) is 12.1. The molecule has 0 fully saturated rings. The molecule has 0 amide bonds. The zero-order valence-electron chi connectivity index (χ0n) is 21.2. The van der Waals surface area contributed by atoms with Crippen molar-refractivity contribution in [1.29, 1.82) is 5.26 Å². The van der Waals surface area contributed by atoms with Crippen molar-refractivity contribution >= 4 is 69.1 Å². The maximum absolute atomic E-state index is 10.2. The van der Waals surface area contributed by atoms with Crippen molar-refractivity contribution in [2.24, 2.45) is 0 Å². The average Bonchev–Trinajstić information content (AvgIpc) is 3.31. The molecule has 1 heterocycles. The maximum atomic E-state index is 10.2. The van der Waals surface area contributed by atoms with Crippen LogP contribution in [-0.4, -0.2) is 16.7 Å². The van der Waals surface area contributed by atoms with Gasteiger partial charge in [-0.25, -0.2) is 4.98 Å². The van der Waals surface area contributed by atoms with E-state index < -0.39 is 0 Å². The van der Waals surface area contributed by atoms with E-state index in [0.29, 0.717) is 49.5 Å². The number of imidazole rings is 1. The monoisotopic (exact) mass is 607 g/mol. The van der Waals surface area contributed by atoms with E-state index in [9.17, 15) is 5.26 Å². The number of aromatic nitrogens is 2. The van der Waals surface area contributed by atoms with Crippen LogP contribution in [0.15, 0.2) is 78.9 Å². The highest BCUT2D eigenvalue weighted by molar-refractivity contribution is 6.35. The summed E-state index contributed by atoms with van der Waals surface area (Å²) in [5, 5.41) is 12.4. The summed E-state index contributed by atoms with van der Waals surface area (Å²) < 4.78 is 13.5. The molecule has 1 aromatic heterocycles. The van der Waals surface area contributed by atoms with Crippen LogP contribution < -0.4 is 9.47 Å². The summed E-state index contributed by atoms with van der Waals surface area (Å²) in [6.45, 7) is 0.649. The summed E-state index contributed by atoms with van der Waals surface area (Å²) in [4.78, 5) is 4.79. The molecule has 0 saturated carbocycles. The number of benzene rings is 4. The van der Waals surface area contributed by atoms with E-state index in [1.807, 2.05) is 47.0 Å². The topological polar surface area (TPSA) is 60.1 Å². The molecule has 200 valence electrons. The van der Waals surface area contributed by atoms with Crippen LogP contribution in [0.25, 0.3) is 22.7 Å². The summed E-state index contributed by atoms with van der Waals surface area (Å²) in [6.07, 6.45) is 1.77. The van der Waals surface area contributed by atoms with Crippen LogP contribution in [-0.2, 0) is 13.2 Å². The van der Waals surface area contributed by atoms with Gasteiger partial charge in [0.05, 0.1) is 30.3 Å². The number of fused-ring (bicyclic) bond motifs is 1. The van der Waals surface area contributed by atoms with Crippen LogP contribution in [0, 0.1) is 11.3 Å². The van der Waals surface area contributed by atoms with E-state index in [4.69, 9.17) is 60.9 Å². The highest BCUT2D eigenvalue weighted by atomic mass is 35.5. The Balaban J connectivity index is 1.48. The van der Waals surface area contributed by atoms with Crippen LogP contribution in [0.4, 0.5) is 0 Å². The van der Waals surface area contributed by atoms with Crippen molar-refractivity contribution in [1.82, 2.24) is 9.55 Å². The van der Waals surface area contributed by atoms with Crippen molar-refractivity contribution in [3.8, 4) is 17.6 Å². The van der Waals surface area contributed by atoms with Crippen molar-refractivity contribution in [3.63, 3.8) is 0 Å². The normalized spacial score (nSPS) is 11.4. The van der Waals surface area contributed by atoms with Crippen molar-refractivity contribution in [2.45, 2.75) is 13.2 Å². The zero-order valence-corrected chi connectivity index (χ0v) is 24.2. The summed E-state index contributed by atoms with van der Waals surface area (Å²) in [5.41, 5.74) is 4.43. The molecule has 0 spiro atoms. The first-order chi connectivity index (χ1) is 19.4. The third-order valence-corrected chi connectivity index (χ3v) is 7.43. The fraction of sp³-hybridized carbons (Fsp3) is 0.0968. The predicted molar refractivity (Wildman–Crippen MR) is 163 cm³/mol. The maximum Gasteiger partial charge on any atom is 0.161 e. The Bertz CT molecular complexity index is 1790. The summed E-state index contributed by atoms with van der Waals surface area (Å²) in [7, 11) is 1.56. The summed E-state index contributed by atoms with van der Waals surface area (Å²) in [6, 6.07) is 26.1. The number of allylic oxidation sites excluding steroid dienone is 1. The zero-order chi connectivity index (χ0) is 28.2. The number of halogens is 4. The Hall–Kier alpha value is -3.66. The summed E-state index contributed by atoms with van der Waals surface area (Å²) >= 11 is 24.9. The smallest absolute Gasteiger partial charge is 0.161 e. The number of nitrogens with zero attached hydrogens (tertiary/aromatic N) is 3. The molecule has 0 N–H and O–H groups in total. The van der Waals surface area contributed by atoms with Gasteiger partial charge in [0.1, 0.15) is 12.7 Å². The number of hydrogen-bond acceptors (Lipinski definition) is 4. The standard InChI is InChI=1S/C31H21Cl4N3O2/c1-39-30-13-19(6-11-29(30)40-18-21-8-10-24(33)15-26(21)35)12-22(16-36)31-37-27-4-2-3-5-28(27)38(31)17-20-7-9-23(32)14-25(20)34/h2-15H,17-18H2,1H3/b22-12+. The first-order valence-corrected chi connectivity index (χ1v) is 13.6. The van der Waals surface area contributed by atoms with Gasteiger partial charge in [-0.1, -0.05) is 76.7 Å². The molecule has 0 saturated heterocycles. The van der Waals surface area contributed by atoms with Gasteiger partial charge in [-0.3, -0.25) is 0 Å². The number of nitriles is 1. The molecule has 0 unspecified atom stereocenters. The first kappa shape index (κ1) is 27.9. The Morgan fingerprint density at radius 2 is 1.57 bits per heavy atom. The van der Waals surface area contributed by atoms with Crippen molar-refractivity contribution in [2.75, 3.05) is 7.11 Å². The van der Waals surface area contributed by atoms with Gasteiger partial charge < -0.3 is 14.0 Å². The SMILES string of the molecule is COc1cc(/C=C(\C#N)c2nc3ccccc3n2Cc2ccc(Cl)cc2Cl)ccc1OCc1ccc(Cl)cc1Cl. The van der Waals surface area contributed by atoms with Crippen molar-refractivity contribution in [3.05, 3.63) is 121 Å². The average molecular weight is 609 g/mol. The molecule has 0 bridgehead atoms. The number of rotatable bonds is 8. The van der Waals surface area contributed by atoms with Gasteiger partial charge in [-0.05, 0) is 65.7 Å². The van der Waals surface area contributed by atoms with E-state index in [1.54, 1.807) is 49.6 Å². The van der Waals surface area contributed by atoms with E-state index in [0.717, 1.165) is 27.7 Å². The molecule has 5 aromatic rings. The molecular weight excluding hydrogens is 588 g/mol. The summed E-state index contributed by atoms with van der Waals surface area (Å²) in [5.74, 6) is 1.57. The Morgan fingerprint density at radius 1 is 0.875 bits per heavy atom. The minimum absolute atomic E-state index is 0.238. The Morgan fingerprint density at radius 3 is 2.25 bits per heavy atom. The van der Waals surface area contributed by atoms with Gasteiger partial charge in [-0.15, -0.1) is 0 Å². The van der Waals surface area contributed by atoms with Gasteiger partial charge >= 0.3 is 0 Å². The molecule has 40 heavy (non-hydrogen) atoms. The van der Waals surface area contributed by atoms with Crippen LogP contribution in [0.1, 0.15) is 22.5 Å². The third-order valence-electron chi connectivity index (χ3n) is 6.26. The fourth-order valence-electron chi connectivity index (χ4n) is 4.26. The molecule has 5 nitrogen and oxygen atoms in total. The highest BCUT2D eigenvalue weighted by Gasteiger charge is 2.17. The van der Waals surface area contributed by atoms with Gasteiger partial charge in [0.15, 0.2) is 17.3 Å². The number of methoxy groups -OCH3 is 1. The molecule has 0 aliphatic heterocycles. The number of hydrogen-bond donors (Lipinski definition) is 0. The molecule has 9 heteroatoms. The van der Waals surface area contributed by atoms with Crippen molar-refractivity contribution < 1.29 is 9.47 Å². The lowest BCUT2D eigenvalue weighted by Crippen LogP contribution is -2.05. The second-order valence-electron chi connectivity index (χ2n) is 8.85. The molecule has 0 atom stereocenters. The molecule has 0 aliphatic carbocycles. The largest absolute Gasteiger partial charge is 0.493 e. The molecule has 5 rings (SSSR count). The predicted octanol–water partition coefficient (Wildman–Crippen LogP) is 9.35. The van der Waals surface area contributed by atoms with Gasteiger partial charge in [0, 0.05) is 25.7 Å².